The first-order chi connectivity index (χ1) is 9.88. The quantitative estimate of drug-likeness (QED) is 0.510. The zero-order chi connectivity index (χ0) is 15.6. The van der Waals surface area contributed by atoms with Crippen molar-refractivity contribution in [1.29, 1.82) is 0 Å². The van der Waals surface area contributed by atoms with Gasteiger partial charge in [-0.1, -0.05) is 40.9 Å². The van der Waals surface area contributed by atoms with Crippen molar-refractivity contribution in [2.24, 2.45) is 0 Å². The molecule has 0 spiro atoms. The van der Waals surface area contributed by atoms with Crippen LogP contribution in [0.2, 0.25) is 10.0 Å². The molecule has 0 bridgehead atoms. The standard InChI is InChI=1S/C17H16Cl2OS/c1-10-6-11(2)17(12(3)7-10)15(20)9-21-16-8-13(18)4-5-14(16)19/h4-8H,9H2,1-3H3. The molecule has 0 amide bonds. The average molecular weight is 339 g/mol. The van der Waals surface area contributed by atoms with E-state index in [-0.39, 0.29) is 5.78 Å². The third-order valence-corrected chi connectivity index (χ3v) is 4.94. The molecule has 0 heterocycles. The van der Waals surface area contributed by atoms with Gasteiger partial charge < -0.3 is 0 Å². The van der Waals surface area contributed by atoms with Crippen molar-refractivity contribution in [2.45, 2.75) is 25.7 Å². The molecule has 0 radical (unpaired) electrons. The first-order valence-corrected chi connectivity index (χ1v) is 8.31. The third-order valence-electron chi connectivity index (χ3n) is 3.21. The number of halogens is 2. The normalized spacial score (nSPS) is 10.7. The topological polar surface area (TPSA) is 17.1 Å². The van der Waals surface area contributed by atoms with Crippen molar-refractivity contribution >= 4 is 40.7 Å². The minimum Gasteiger partial charge on any atom is -0.293 e. The first kappa shape index (κ1) is 16.4. The fourth-order valence-electron chi connectivity index (χ4n) is 2.42. The number of carbonyl (C=O) groups excluding carboxylic acids is 1. The highest BCUT2D eigenvalue weighted by Crippen LogP contribution is 2.31. The van der Waals surface area contributed by atoms with E-state index in [1.165, 1.54) is 17.3 Å². The SMILES string of the molecule is Cc1cc(C)c(C(=O)CSc2cc(Cl)ccc2Cl)c(C)c1. The van der Waals surface area contributed by atoms with Gasteiger partial charge in [-0.25, -0.2) is 0 Å². The lowest BCUT2D eigenvalue weighted by molar-refractivity contribution is 0.102. The second-order valence-electron chi connectivity index (χ2n) is 5.06. The Hall–Kier alpha value is -0.960. The molecule has 0 N–H and O–H groups in total. The first-order valence-electron chi connectivity index (χ1n) is 6.57. The fourth-order valence-corrected chi connectivity index (χ4v) is 3.79. The summed E-state index contributed by atoms with van der Waals surface area (Å²) in [7, 11) is 0. The smallest absolute Gasteiger partial charge is 0.173 e. The summed E-state index contributed by atoms with van der Waals surface area (Å²) in [6, 6.07) is 9.36. The van der Waals surface area contributed by atoms with E-state index in [9.17, 15) is 4.79 Å². The molecule has 0 unspecified atom stereocenters. The summed E-state index contributed by atoms with van der Waals surface area (Å²) in [5.74, 6) is 0.469. The van der Waals surface area contributed by atoms with E-state index in [4.69, 9.17) is 23.2 Å². The predicted molar refractivity (Wildman–Crippen MR) is 92.2 cm³/mol. The molecule has 21 heavy (non-hydrogen) atoms. The lowest BCUT2D eigenvalue weighted by Crippen LogP contribution is -2.07. The Morgan fingerprint density at radius 3 is 2.29 bits per heavy atom. The number of thioether (sulfide) groups is 1. The van der Waals surface area contributed by atoms with Crippen LogP contribution in [0.25, 0.3) is 0 Å². The summed E-state index contributed by atoms with van der Waals surface area (Å²) >= 11 is 13.5. The van der Waals surface area contributed by atoms with E-state index in [0.29, 0.717) is 15.8 Å². The van der Waals surface area contributed by atoms with Crippen molar-refractivity contribution in [3.63, 3.8) is 0 Å². The summed E-state index contributed by atoms with van der Waals surface area (Å²) in [6.07, 6.45) is 0. The van der Waals surface area contributed by atoms with Crippen molar-refractivity contribution in [3.8, 4) is 0 Å². The van der Waals surface area contributed by atoms with Gasteiger partial charge in [0.25, 0.3) is 0 Å². The van der Waals surface area contributed by atoms with E-state index in [1.807, 2.05) is 32.9 Å². The summed E-state index contributed by atoms with van der Waals surface area (Å²) < 4.78 is 0. The van der Waals surface area contributed by atoms with E-state index in [2.05, 4.69) is 0 Å². The number of carbonyl (C=O) groups is 1. The molecule has 0 saturated carbocycles. The van der Waals surface area contributed by atoms with Crippen LogP contribution < -0.4 is 0 Å². The molecule has 2 aromatic rings. The molecule has 0 aromatic heterocycles. The molecule has 2 aromatic carbocycles. The van der Waals surface area contributed by atoms with Crippen molar-refractivity contribution in [3.05, 3.63) is 62.6 Å². The largest absolute Gasteiger partial charge is 0.293 e. The number of ketones is 1. The maximum Gasteiger partial charge on any atom is 0.173 e. The summed E-state index contributed by atoms with van der Waals surface area (Å²) in [4.78, 5) is 13.3. The number of Topliss-reactive ketones (excluding diaryl/α,β-unsaturated/α-hetero) is 1. The Labute approximate surface area is 139 Å². The Morgan fingerprint density at radius 2 is 1.67 bits per heavy atom. The Morgan fingerprint density at radius 1 is 1.05 bits per heavy atom. The van der Waals surface area contributed by atoms with Crippen LogP contribution in [0.1, 0.15) is 27.0 Å². The summed E-state index contributed by atoms with van der Waals surface area (Å²) in [6.45, 7) is 5.99. The Balaban J connectivity index is 2.18. The van der Waals surface area contributed by atoms with Gasteiger partial charge >= 0.3 is 0 Å². The molecule has 2 rings (SSSR count). The highest BCUT2D eigenvalue weighted by molar-refractivity contribution is 8.00. The second kappa shape index (κ2) is 6.87. The Kier molecular flexibility index (Phi) is 5.37. The van der Waals surface area contributed by atoms with E-state index >= 15 is 0 Å². The molecule has 1 nitrogen and oxygen atoms in total. The number of aryl methyl sites for hydroxylation is 3. The van der Waals surface area contributed by atoms with Crippen LogP contribution in [-0.4, -0.2) is 11.5 Å². The number of hydrogen-bond acceptors (Lipinski definition) is 2. The zero-order valence-corrected chi connectivity index (χ0v) is 14.5. The molecule has 0 fully saturated rings. The lowest BCUT2D eigenvalue weighted by atomic mass is 9.97. The van der Waals surface area contributed by atoms with Crippen molar-refractivity contribution in [2.75, 3.05) is 5.75 Å². The van der Waals surface area contributed by atoms with Gasteiger partial charge in [-0.3, -0.25) is 4.79 Å². The Bertz CT molecular complexity index is 672. The average Bonchev–Trinajstić information content (AvgIpc) is 2.38. The third kappa shape index (κ3) is 4.03. The van der Waals surface area contributed by atoms with Gasteiger partial charge in [0.2, 0.25) is 0 Å². The predicted octanol–water partition coefficient (Wildman–Crippen LogP) is 5.89. The van der Waals surface area contributed by atoms with Crippen LogP contribution in [0.4, 0.5) is 0 Å². The molecule has 0 saturated heterocycles. The highest BCUT2D eigenvalue weighted by atomic mass is 35.5. The van der Waals surface area contributed by atoms with Gasteiger partial charge in [0.15, 0.2) is 5.78 Å². The van der Waals surface area contributed by atoms with Gasteiger partial charge in [0.1, 0.15) is 0 Å². The van der Waals surface area contributed by atoms with Crippen LogP contribution in [-0.2, 0) is 0 Å². The number of benzene rings is 2. The van der Waals surface area contributed by atoms with Crippen molar-refractivity contribution in [1.82, 2.24) is 0 Å². The molecule has 110 valence electrons. The van der Waals surface area contributed by atoms with E-state index in [0.717, 1.165) is 21.6 Å². The van der Waals surface area contributed by atoms with Crippen LogP contribution in [0.3, 0.4) is 0 Å². The second-order valence-corrected chi connectivity index (χ2v) is 6.92. The van der Waals surface area contributed by atoms with Crippen LogP contribution in [0.5, 0.6) is 0 Å². The maximum atomic E-state index is 12.5. The molecular formula is C17H16Cl2OS. The van der Waals surface area contributed by atoms with Crippen LogP contribution in [0.15, 0.2) is 35.2 Å². The highest BCUT2D eigenvalue weighted by Gasteiger charge is 2.14. The number of hydrogen-bond donors (Lipinski definition) is 0. The van der Waals surface area contributed by atoms with E-state index < -0.39 is 0 Å². The zero-order valence-electron chi connectivity index (χ0n) is 12.2. The van der Waals surface area contributed by atoms with Crippen LogP contribution >= 0.6 is 35.0 Å². The molecule has 0 aliphatic rings. The van der Waals surface area contributed by atoms with E-state index in [1.54, 1.807) is 18.2 Å². The van der Waals surface area contributed by atoms with Gasteiger partial charge in [-0.15, -0.1) is 11.8 Å². The molecule has 0 aliphatic carbocycles. The molecule has 0 atom stereocenters. The molecule has 0 aliphatic heterocycles. The minimum absolute atomic E-state index is 0.117. The summed E-state index contributed by atoms with van der Waals surface area (Å²) in [5.41, 5.74) is 4.03. The van der Waals surface area contributed by atoms with Crippen LogP contribution in [0, 0.1) is 20.8 Å². The molecular weight excluding hydrogens is 323 g/mol. The molecule has 4 heteroatoms. The fraction of sp³-hybridized carbons (Fsp3) is 0.235. The van der Waals surface area contributed by atoms with Gasteiger partial charge in [-0.2, -0.15) is 0 Å². The number of rotatable bonds is 4. The lowest BCUT2D eigenvalue weighted by Gasteiger charge is -2.10. The van der Waals surface area contributed by atoms with Crippen molar-refractivity contribution < 1.29 is 4.79 Å². The van der Waals surface area contributed by atoms with Gasteiger partial charge in [-0.05, 0) is 50.1 Å². The maximum absolute atomic E-state index is 12.5. The monoisotopic (exact) mass is 338 g/mol. The van der Waals surface area contributed by atoms with Gasteiger partial charge in [0.05, 0.1) is 10.8 Å². The van der Waals surface area contributed by atoms with Gasteiger partial charge in [0, 0.05) is 15.5 Å². The summed E-state index contributed by atoms with van der Waals surface area (Å²) in [5, 5.41) is 1.24. The minimum atomic E-state index is 0.117.